The van der Waals surface area contributed by atoms with Gasteiger partial charge in [-0.3, -0.25) is 0 Å². The summed E-state index contributed by atoms with van der Waals surface area (Å²) in [5.74, 6) is -0.589. The van der Waals surface area contributed by atoms with Crippen LogP contribution < -0.4 is 4.74 Å². The van der Waals surface area contributed by atoms with Gasteiger partial charge in [-0.1, -0.05) is 6.07 Å². The van der Waals surface area contributed by atoms with Crippen molar-refractivity contribution in [2.24, 2.45) is 0 Å². The van der Waals surface area contributed by atoms with Crippen LogP contribution in [0.25, 0.3) is 0 Å². The van der Waals surface area contributed by atoms with Gasteiger partial charge in [-0.25, -0.2) is 4.79 Å². The van der Waals surface area contributed by atoms with Crippen molar-refractivity contribution in [3.63, 3.8) is 0 Å². The number of aromatic carboxylic acids is 1. The summed E-state index contributed by atoms with van der Waals surface area (Å²) >= 11 is 1.39. The summed E-state index contributed by atoms with van der Waals surface area (Å²) < 4.78 is 11.0. The van der Waals surface area contributed by atoms with Crippen LogP contribution in [-0.4, -0.2) is 36.1 Å². The normalized spacial score (nSPS) is 11.4. The Bertz CT molecular complexity index is 438. The van der Waals surface area contributed by atoms with Gasteiger partial charge in [0.2, 0.25) is 0 Å². The smallest absolute Gasteiger partial charge is 0.340 e. The molecule has 1 N–H and O–H groups in total. The highest BCUT2D eigenvalue weighted by molar-refractivity contribution is 7.98. The van der Waals surface area contributed by atoms with Gasteiger partial charge in [0.1, 0.15) is 17.9 Å². The molecule has 1 aromatic carbocycles. The van der Waals surface area contributed by atoms with Crippen molar-refractivity contribution in [3.05, 3.63) is 23.8 Å². The summed E-state index contributed by atoms with van der Waals surface area (Å²) in [5.41, 5.74) is -0.00845. The van der Waals surface area contributed by atoms with E-state index in [9.17, 15) is 9.90 Å². The molecule has 19 heavy (non-hydrogen) atoms. The third kappa shape index (κ3) is 5.12. The molecule has 1 aromatic rings. The van der Waals surface area contributed by atoms with Crippen LogP contribution in [0.1, 0.15) is 31.1 Å². The summed E-state index contributed by atoms with van der Waals surface area (Å²) in [6.07, 6.45) is 1.84. The second-order valence-corrected chi connectivity index (χ2v) is 5.80. The van der Waals surface area contributed by atoms with Crippen molar-refractivity contribution >= 4 is 17.7 Å². The molecule has 4 nitrogen and oxygen atoms in total. The van der Waals surface area contributed by atoms with E-state index in [1.165, 1.54) is 11.8 Å². The molecule has 5 heteroatoms. The maximum Gasteiger partial charge on any atom is 0.340 e. The van der Waals surface area contributed by atoms with Crippen molar-refractivity contribution in [1.82, 2.24) is 0 Å². The number of carboxylic acid groups (broad SMARTS) is 1. The van der Waals surface area contributed by atoms with Gasteiger partial charge in [0, 0.05) is 4.90 Å². The van der Waals surface area contributed by atoms with Crippen molar-refractivity contribution in [3.8, 4) is 5.75 Å². The van der Waals surface area contributed by atoms with E-state index in [1.54, 1.807) is 18.2 Å². The summed E-state index contributed by atoms with van der Waals surface area (Å²) in [6.45, 7) is 6.64. The molecule has 0 spiro atoms. The molecule has 0 radical (unpaired) electrons. The van der Waals surface area contributed by atoms with E-state index < -0.39 is 5.97 Å². The number of benzene rings is 1. The zero-order valence-corrected chi connectivity index (χ0v) is 12.5. The third-order valence-electron chi connectivity index (χ3n) is 2.30. The van der Waals surface area contributed by atoms with Crippen LogP contribution in [0.5, 0.6) is 5.75 Å². The molecule has 1 rings (SSSR count). The molecule has 0 atom stereocenters. The fraction of sp³-hybridized carbons (Fsp3) is 0.500. The van der Waals surface area contributed by atoms with Crippen molar-refractivity contribution in [1.29, 1.82) is 0 Å². The van der Waals surface area contributed by atoms with Gasteiger partial charge in [-0.15, -0.1) is 11.8 Å². The Kier molecular flexibility index (Phi) is 5.69. The van der Waals surface area contributed by atoms with Gasteiger partial charge in [0.05, 0.1) is 12.2 Å². The first kappa shape index (κ1) is 15.9. The average Bonchev–Trinajstić information content (AvgIpc) is 2.32. The molecule has 0 aliphatic carbocycles. The lowest BCUT2D eigenvalue weighted by atomic mass is 10.2. The third-order valence-corrected chi connectivity index (χ3v) is 3.08. The first-order valence-electron chi connectivity index (χ1n) is 6.02. The minimum absolute atomic E-state index is 0.214. The molecule has 106 valence electrons. The van der Waals surface area contributed by atoms with E-state index in [0.29, 0.717) is 23.9 Å². The Morgan fingerprint density at radius 1 is 1.32 bits per heavy atom. The Hall–Kier alpha value is -1.20. The van der Waals surface area contributed by atoms with Gasteiger partial charge in [-0.05, 0) is 39.2 Å². The van der Waals surface area contributed by atoms with Crippen LogP contribution in [0.2, 0.25) is 0 Å². The molecule has 0 aliphatic rings. The fourth-order valence-corrected chi connectivity index (χ4v) is 2.12. The molecule has 0 saturated carbocycles. The molecular formula is C14H20O4S. The van der Waals surface area contributed by atoms with Gasteiger partial charge < -0.3 is 14.6 Å². The molecule has 0 fully saturated rings. The second-order valence-electron chi connectivity index (χ2n) is 4.95. The summed E-state index contributed by atoms with van der Waals surface area (Å²) in [5, 5.41) is 9.24. The number of hydrogen-bond acceptors (Lipinski definition) is 4. The van der Waals surface area contributed by atoms with E-state index >= 15 is 0 Å². The number of hydrogen-bond donors (Lipinski definition) is 1. The van der Waals surface area contributed by atoms with Gasteiger partial charge in [-0.2, -0.15) is 0 Å². The average molecular weight is 284 g/mol. The zero-order chi connectivity index (χ0) is 14.5. The number of carboxylic acids is 1. The predicted octanol–water partition coefficient (Wildman–Crippen LogP) is 3.30. The molecule has 0 bridgehead atoms. The Morgan fingerprint density at radius 3 is 2.53 bits per heavy atom. The zero-order valence-electron chi connectivity index (χ0n) is 11.7. The van der Waals surface area contributed by atoms with Gasteiger partial charge in [0.25, 0.3) is 0 Å². The second kappa shape index (κ2) is 6.82. The monoisotopic (exact) mass is 284 g/mol. The van der Waals surface area contributed by atoms with Crippen LogP contribution in [-0.2, 0) is 4.74 Å². The Morgan fingerprint density at radius 2 is 2.00 bits per heavy atom. The lowest BCUT2D eigenvalue weighted by Crippen LogP contribution is -2.22. The summed E-state index contributed by atoms with van der Waals surface area (Å²) in [6, 6.07) is 5.23. The first-order valence-corrected chi connectivity index (χ1v) is 7.24. The molecule has 0 heterocycles. The lowest BCUT2D eigenvalue weighted by Gasteiger charge is -2.20. The highest BCUT2D eigenvalue weighted by Gasteiger charge is 2.16. The van der Waals surface area contributed by atoms with Crippen molar-refractivity contribution in [2.75, 3.05) is 19.5 Å². The number of carbonyl (C=O) groups is 1. The molecule has 0 unspecified atom stereocenters. The largest absolute Gasteiger partial charge is 0.490 e. The molecule has 0 aromatic heterocycles. The van der Waals surface area contributed by atoms with E-state index in [2.05, 4.69) is 0 Å². The number of thioether (sulfide) groups is 1. The Labute approximate surface area is 118 Å². The predicted molar refractivity (Wildman–Crippen MR) is 76.4 cm³/mol. The fourth-order valence-electron chi connectivity index (χ4n) is 1.51. The maximum atomic E-state index is 11.3. The molecule has 0 amide bonds. The topological polar surface area (TPSA) is 55.8 Å². The lowest BCUT2D eigenvalue weighted by molar-refractivity contribution is -0.0164. The standard InChI is InChI=1S/C14H20O4S/c1-14(2,3)18-9-8-17-10-6-5-7-11(19-4)12(10)13(15)16/h5-7H,8-9H2,1-4H3,(H,15,16). The van der Waals surface area contributed by atoms with Crippen LogP contribution in [0, 0.1) is 0 Å². The number of rotatable bonds is 6. The van der Waals surface area contributed by atoms with Crippen LogP contribution in [0.3, 0.4) is 0 Å². The van der Waals surface area contributed by atoms with E-state index in [-0.39, 0.29) is 11.2 Å². The van der Waals surface area contributed by atoms with Crippen LogP contribution >= 0.6 is 11.8 Å². The van der Waals surface area contributed by atoms with E-state index in [1.807, 2.05) is 27.0 Å². The van der Waals surface area contributed by atoms with Gasteiger partial charge >= 0.3 is 5.97 Å². The van der Waals surface area contributed by atoms with Crippen LogP contribution in [0.4, 0.5) is 0 Å². The first-order chi connectivity index (χ1) is 8.85. The summed E-state index contributed by atoms with van der Waals surface area (Å²) in [4.78, 5) is 12.0. The van der Waals surface area contributed by atoms with Crippen LogP contribution in [0.15, 0.2) is 23.1 Å². The molecular weight excluding hydrogens is 264 g/mol. The van der Waals surface area contributed by atoms with Crippen molar-refractivity contribution < 1.29 is 19.4 Å². The van der Waals surface area contributed by atoms with Gasteiger partial charge in [0.15, 0.2) is 0 Å². The van der Waals surface area contributed by atoms with E-state index in [0.717, 1.165) is 0 Å². The maximum absolute atomic E-state index is 11.3. The highest BCUT2D eigenvalue weighted by Crippen LogP contribution is 2.28. The quantitative estimate of drug-likeness (QED) is 0.641. The SMILES string of the molecule is CSc1cccc(OCCOC(C)(C)C)c1C(=O)O. The Balaban J connectivity index is 2.70. The highest BCUT2D eigenvalue weighted by atomic mass is 32.2. The molecule has 0 aliphatic heterocycles. The van der Waals surface area contributed by atoms with Crippen molar-refractivity contribution in [2.45, 2.75) is 31.3 Å². The molecule has 0 saturated heterocycles. The minimum Gasteiger partial charge on any atom is -0.490 e. The summed E-state index contributed by atoms with van der Waals surface area (Å²) in [7, 11) is 0. The van der Waals surface area contributed by atoms with E-state index in [4.69, 9.17) is 9.47 Å². The minimum atomic E-state index is -0.975. The number of ether oxygens (including phenoxy) is 2.